The zero-order valence-electron chi connectivity index (χ0n) is 8.43. The molecule has 0 saturated heterocycles. The number of aliphatic carboxylic acids is 1. The highest BCUT2D eigenvalue weighted by atomic mass is 19.4. The van der Waals surface area contributed by atoms with Crippen molar-refractivity contribution in [2.45, 2.75) is 24.9 Å². The Balaban J connectivity index is 4.70. The molecule has 10 heteroatoms. The lowest BCUT2D eigenvalue weighted by Gasteiger charge is -2.21. The minimum absolute atomic E-state index is 1.46. The fraction of sp³-hybridized carbons (Fsp3) is 0.500. The van der Waals surface area contributed by atoms with Crippen molar-refractivity contribution < 1.29 is 45.8 Å². The molecule has 0 radical (unpaired) electrons. The van der Waals surface area contributed by atoms with Crippen LogP contribution in [0.4, 0.5) is 26.3 Å². The topological polar surface area (TPSA) is 63.6 Å². The number of hydrogen-bond donors (Lipinski definition) is 1. The van der Waals surface area contributed by atoms with E-state index in [4.69, 9.17) is 5.11 Å². The molecule has 0 saturated carbocycles. The van der Waals surface area contributed by atoms with Gasteiger partial charge < -0.3 is 9.84 Å². The molecule has 0 aromatic heterocycles. The molecular formula is C8H6F6O4. The molecule has 0 heterocycles. The lowest BCUT2D eigenvalue weighted by Crippen LogP contribution is -2.39. The zero-order valence-corrected chi connectivity index (χ0v) is 8.43. The Morgan fingerprint density at radius 3 is 2.00 bits per heavy atom. The van der Waals surface area contributed by atoms with Crippen LogP contribution in [-0.2, 0) is 14.3 Å². The van der Waals surface area contributed by atoms with Gasteiger partial charge in [-0.2, -0.15) is 22.0 Å². The van der Waals surface area contributed by atoms with E-state index in [1.807, 2.05) is 0 Å². The Hall–Kier alpha value is -1.74. The van der Waals surface area contributed by atoms with Crippen molar-refractivity contribution >= 4 is 11.9 Å². The van der Waals surface area contributed by atoms with Gasteiger partial charge in [-0.05, 0) is 0 Å². The van der Waals surface area contributed by atoms with Gasteiger partial charge in [0.05, 0.1) is 6.42 Å². The van der Waals surface area contributed by atoms with Crippen LogP contribution in [0, 0.1) is 0 Å². The van der Waals surface area contributed by atoms with E-state index in [1.54, 1.807) is 0 Å². The molecule has 0 bridgehead atoms. The van der Waals surface area contributed by atoms with Crippen molar-refractivity contribution in [1.82, 2.24) is 0 Å². The van der Waals surface area contributed by atoms with Crippen LogP contribution in [0.2, 0.25) is 0 Å². The predicted molar refractivity (Wildman–Crippen MR) is 43.4 cm³/mol. The molecule has 0 rings (SSSR count). The maximum atomic E-state index is 12.7. The van der Waals surface area contributed by atoms with Crippen LogP contribution in [0.5, 0.6) is 0 Å². The molecular weight excluding hydrogens is 274 g/mol. The third-order valence-corrected chi connectivity index (χ3v) is 1.51. The second-order valence-corrected chi connectivity index (χ2v) is 3.02. The van der Waals surface area contributed by atoms with Crippen LogP contribution in [0.3, 0.4) is 0 Å². The second kappa shape index (κ2) is 5.27. The van der Waals surface area contributed by atoms with Gasteiger partial charge in [-0.25, -0.2) is 14.0 Å². The van der Waals surface area contributed by atoms with E-state index in [0.29, 0.717) is 0 Å². The fourth-order valence-corrected chi connectivity index (χ4v) is 0.658. The van der Waals surface area contributed by atoms with Gasteiger partial charge in [0.1, 0.15) is 5.57 Å². The summed E-state index contributed by atoms with van der Waals surface area (Å²) < 4.78 is 75.9. The van der Waals surface area contributed by atoms with E-state index in [2.05, 4.69) is 11.3 Å². The molecule has 1 N–H and O–H groups in total. The summed E-state index contributed by atoms with van der Waals surface area (Å²) in [4.78, 5) is 20.7. The standard InChI is InChI=1S/C8H6F6O4/c1-3(5(15)16)6(17)18-8(13,14)4(9)2-7(10,11)12/h4H,1-2H2,(H,15,16). The Morgan fingerprint density at radius 2 is 1.67 bits per heavy atom. The highest BCUT2D eigenvalue weighted by Gasteiger charge is 2.50. The van der Waals surface area contributed by atoms with Crippen LogP contribution in [0.15, 0.2) is 12.2 Å². The normalized spacial score (nSPS) is 13.9. The first-order chi connectivity index (χ1) is 7.87. The highest BCUT2D eigenvalue weighted by Crippen LogP contribution is 2.33. The zero-order chi connectivity index (χ0) is 14.7. The van der Waals surface area contributed by atoms with E-state index in [1.165, 1.54) is 0 Å². The molecule has 0 aromatic rings. The smallest absolute Gasteiger partial charge is 0.432 e. The summed E-state index contributed by atoms with van der Waals surface area (Å²) in [6.07, 6.45) is -16.7. The van der Waals surface area contributed by atoms with Gasteiger partial charge >= 0.3 is 24.2 Å². The molecule has 0 aliphatic heterocycles. The molecule has 0 spiro atoms. The van der Waals surface area contributed by atoms with Gasteiger partial charge in [-0.1, -0.05) is 6.58 Å². The second-order valence-electron chi connectivity index (χ2n) is 3.02. The number of carbonyl (C=O) groups excluding carboxylic acids is 1. The quantitative estimate of drug-likeness (QED) is 0.275. The first-order valence-corrected chi connectivity index (χ1v) is 4.11. The van der Waals surface area contributed by atoms with Crippen LogP contribution in [0.1, 0.15) is 6.42 Å². The number of hydrogen-bond acceptors (Lipinski definition) is 3. The number of carboxylic acid groups (broad SMARTS) is 1. The monoisotopic (exact) mass is 280 g/mol. The Morgan fingerprint density at radius 1 is 1.22 bits per heavy atom. The SMILES string of the molecule is C=C(C(=O)O)C(=O)OC(F)(F)C(F)CC(F)(F)F. The number of carbonyl (C=O) groups is 2. The minimum Gasteiger partial charge on any atom is -0.477 e. The molecule has 0 fully saturated rings. The summed E-state index contributed by atoms with van der Waals surface area (Å²) in [5, 5.41) is 8.16. The van der Waals surface area contributed by atoms with Crippen LogP contribution in [0.25, 0.3) is 0 Å². The van der Waals surface area contributed by atoms with E-state index >= 15 is 0 Å². The molecule has 0 aliphatic rings. The Kier molecular flexibility index (Phi) is 4.76. The third-order valence-electron chi connectivity index (χ3n) is 1.51. The van der Waals surface area contributed by atoms with Crippen molar-refractivity contribution in [3.63, 3.8) is 0 Å². The van der Waals surface area contributed by atoms with Crippen molar-refractivity contribution in [3.8, 4) is 0 Å². The average molecular weight is 280 g/mol. The molecule has 0 aromatic carbocycles. The third kappa shape index (κ3) is 5.06. The highest BCUT2D eigenvalue weighted by molar-refractivity contribution is 6.12. The number of halogens is 6. The Bertz CT molecular complexity index is 361. The van der Waals surface area contributed by atoms with Gasteiger partial charge in [-0.3, -0.25) is 0 Å². The van der Waals surface area contributed by atoms with Gasteiger partial charge in [0, 0.05) is 0 Å². The first-order valence-electron chi connectivity index (χ1n) is 4.11. The van der Waals surface area contributed by atoms with Crippen molar-refractivity contribution in [3.05, 3.63) is 12.2 Å². The summed E-state index contributed by atoms with van der Waals surface area (Å²) >= 11 is 0. The molecule has 4 nitrogen and oxygen atoms in total. The van der Waals surface area contributed by atoms with E-state index in [-0.39, 0.29) is 0 Å². The number of ether oxygens (including phenoxy) is 1. The van der Waals surface area contributed by atoms with E-state index < -0.39 is 42.4 Å². The maximum Gasteiger partial charge on any atom is 0.432 e. The lowest BCUT2D eigenvalue weighted by atomic mass is 10.2. The van der Waals surface area contributed by atoms with Crippen LogP contribution < -0.4 is 0 Å². The van der Waals surface area contributed by atoms with Crippen LogP contribution >= 0.6 is 0 Å². The van der Waals surface area contributed by atoms with Gasteiger partial charge in [0.2, 0.25) is 6.17 Å². The molecule has 0 amide bonds. The number of esters is 1. The summed E-state index contributed by atoms with van der Waals surface area (Å²) in [6, 6.07) is 0. The van der Waals surface area contributed by atoms with Crippen molar-refractivity contribution in [2.75, 3.05) is 0 Å². The van der Waals surface area contributed by atoms with Crippen LogP contribution in [-0.4, -0.2) is 35.5 Å². The molecule has 0 aliphatic carbocycles. The van der Waals surface area contributed by atoms with Crippen molar-refractivity contribution in [2.24, 2.45) is 0 Å². The molecule has 1 unspecified atom stereocenters. The fourth-order valence-electron chi connectivity index (χ4n) is 0.658. The summed E-state index contributed by atoms with van der Waals surface area (Å²) in [5.41, 5.74) is -1.46. The van der Waals surface area contributed by atoms with Gasteiger partial charge in [0.25, 0.3) is 0 Å². The molecule has 104 valence electrons. The minimum atomic E-state index is -5.24. The van der Waals surface area contributed by atoms with E-state index in [9.17, 15) is 35.9 Å². The Labute approximate surface area is 95.8 Å². The first kappa shape index (κ1) is 16.3. The van der Waals surface area contributed by atoms with Gasteiger partial charge in [0.15, 0.2) is 0 Å². The predicted octanol–water partition coefficient (Wildman–Crippen LogP) is 2.05. The summed E-state index contributed by atoms with van der Waals surface area (Å²) in [7, 11) is 0. The van der Waals surface area contributed by atoms with Gasteiger partial charge in [-0.15, -0.1) is 0 Å². The molecule has 18 heavy (non-hydrogen) atoms. The molecule has 1 atom stereocenters. The summed E-state index contributed by atoms with van der Waals surface area (Å²) in [5.74, 6) is -4.25. The number of carboxylic acids is 1. The lowest BCUT2D eigenvalue weighted by molar-refractivity contribution is -0.275. The largest absolute Gasteiger partial charge is 0.477 e. The van der Waals surface area contributed by atoms with Crippen molar-refractivity contribution in [1.29, 1.82) is 0 Å². The average Bonchev–Trinajstić information content (AvgIpc) is 2.12. The number of alkyl halides is 6. The summed E-state index contributed by atoms with van der Waals surface area (Å²) in [6.45, 7) is 2.52. The van der Waals surface area contributed by atoms with E-state index in [0.717, 1.165) is 0 Å². The maximum absolute atomic E-state index is 12.7. The number of rotatable bonds is 5.